The van der Waals surface area contributed by atoms with Gasteiger partial charge in [0.25, 0.3) is 0 Å². The van der Waals surface area contributed by atoms with Crippen molar-refractivity contribution in [2.24, 2.45) is 0 Å². The summed E-state index contributed by atoms with van der Waals surface area (Å²) in [5.74, 6) is 1.60. The number of benzene rings is 1. The lowest BCUT2D eigenvalue weighted by Gasteiger charge is -2.15. The Morgan fingerprint density at radius 1 is 1.14 bits per heavy atom. The number of nitrogens with zero attached hydrogens (tertiary/aromatic N) is 1. The maximum absolute atomic E-state index is 11.3. The van der Waals surface area contributed by atoms with Crippen LogP contribution in [0.2, 0.25) is 0 Å². The van der Waals surface area contributed by atoms with Gasteiger partial charge in [0.2, 0.25) is 0 Å². The number of carbonyl (C=O) groups excluding carboxylic acids is 1. The van der Waals surface area contributed by atoms with E-state index >= 15 is 0 Å². The van der Waals surface area contributed by atoms with E-state index in [0.29, 0.717) is 0 Å². The molecular weight excluding hydrogens is 352 g/mol. The van der Waals surface area contributed by atoms with E-state index in [1.165, 1.54) is 19.8 Å². The number of aromatic amines is 1. The largest absolute Gasteiger partial charge is 0.497 e. The second-order valence-electron chi connectivity index (χ2n) is 7.23. The Labute approximate surface area is 164 Å². The highest BCUT2D eigenvalue weighted by Gasteiger charge is 2.17. The molecule has 2 aromatic heterocycles. The first kappa shape index (κ1) is 18.3. The fourth-order valence-corrected chi connectivity index (χ4v) is 3.65. The van der Waals surface area contributed by atoms with Gasteiger partial charge in [-0.25, -0.2) is 4.98 Å². The third-order valence-corrected chi connectivity index (χ3v) is 5.11. The van der Waals surface area contributed by atoms with Crippen molar-refractivity contribution in [2.45, 2.75) is 38.7 Å². The topological polar surface area (TPSA) is 64.2 Å². The zero-order valence-electron chi connectivity index (χ0n) is 16.2. The molecule has 1 N–H and O–H groups in total. The van der Waals surface area contributed by atoms with E-state index in [4.69, 9.17) is 9.47 Å². The molecule has 0 spiro atoms. The minimum absolute atomic E-state index is 0.0139. The summed E-state index contributed by atoms with van der Waals surface area (Å²) in [5, 5.41) is 0.969. The first-order valence-corrected chi connectivity index (χ1v) is 9.64. The molecule has 0 radical (unpaired) electrons. The van der Waals surface area contributed by atoms with Gasteiger partial charge < -0.3 is 14.5 Å². The van der Waals surface area contributed by atoms with Gasteiger partial charge in [-0.1, -0.05) is 0 Å². The van der Waals surface area contributed by atoms with Crippen LogP contribution in [0.1, 0.15) is 38.2 Å². The third kappa shape index (κ3) is 3.93. The second kappa shape index (κ2) is 7.89. The summed E-state index contributed by atoms with van der Waals surface area (Å²) in [6.45, 7) is 1.54. The molecule has 144 valence electrons. The van der Waals surface area contributed by atoms with Gasteiger partial charge in [-0.3, -0.25) is 4.79 Å². The molecule has 0 bridgehead atoms. The number of nitrogens with one attached hydrogen (secondary N) is 1. The fourth-order valence-electron chi connectivity index (χ4n) is 3.65. The van der Waals surface area contributed by atoms with Gasteiger partial charge in [-0.2, -0.15) is 0 Å². The average molecular weight is 376 g/mol. The predicted molar refractivity (Wildman–Crippen MR) is 111 cm³/mol. The molecule has 5 heteroatoms. The SMILES string of the molecule is COc1cc(OC2CCCC2)cc(-c2cnc3[nH]cc(/C=C/C(C)=O)c3c2)c1. The van der Waals surface area contributed by atoms with Gasteiger partial charge in [-0.15, -0.1) is 0 Å². The number of H-pyrrole nitrogens is 1. The Morgan fingerprint density at radius 2 is 1.93 bits per heavy atom. The quantitative estimate of drug-likeness (QED) is 0.603. The summed E-state index contributed by atoms with van der Waals surface area (Å²) in [7, 11) is 1.66. The van der Waals surface area contributed by atoms with E-state index < -0.39 is 0 Å². The van der Waals surface area contributed by atoms with E-state index in [1.54, 1.807) is 13.2 Å². The summed E-state index contributed by atoms with van der Waals surface area (Å²) in [4.78, 5) is 19.0. The van der Waals surface area contributed by atoms with Crippen molar-refractivity contribution >= 4 is 22.9 Å². The molecule has 0 amide bonds. The van der Waals surface area contributed by atoms with E-state index in [0.717, 1.165) is 52.1 Å². The first-order valence-electron chi connectivity index (χ1n) is 9.64. The van der Waals surface area contributed by atoms with Crippen LogP contribution in [0.4, 0.5) is 0 Å². The van der Waals surface area contributed by atoms with E-state index in [2.05, 4.69) is 16.0 Å². The highest BCUT2D eigenvalue weighted by molar-refractivity contribution is 5.96. The number of aromatic nitrogens is 2. The minimum atomic E-state index is 0.0139. The predicted octanol–water partition coefficient (Wildman–Crippen LogP) is 5.16. The number of ether oxygens (including phenoxy) is 2. The molecule has 0 unspecified atom stereocenters. The van der Waals surface area contributed by atoms with Gasteiger partial charge in [0.1, 0.15) is 17.1 Å². The normalized spacial score (nSPS) is 14.8. The van der Waals surface area contributed by atoms with E-state index in [1.807, 2.05) is 36.7 Å². The monoisotopic (exact) mass is 376 g/mol. The van der Waals surface area contributed by atoms with Crippen molar-refractivity contribution in [3.63, 3.8) is 0 Å². The number of fused-ring (bicyclic) bond motifs is 1. The summed E-state index contributed by atoms with van der Waals surface area (Å²) in [6.07, 6.45) is 12.0. The van der Waals surface area contributed by atoms with Crippen LogP contribution in [0.15, 0.2) is 42.7 Å². The number of rotatable bonds is 6. The molecular formula is C23H24N2O3. The van der Waals surface area contributed by atoms with Crippen molar-refractivity contribution in [2.75, 3.05) is 7.11 Å². The molecule has 0 aliphatic heterocycles. The molecule has 1 aromatic carbocycles. The molecule has 1 aliphatic carbocycles. The van der Waals surface area contributed by atoms with E-state index in [9.17, 15) is 4.79 Å². The molecule has 1 aliphatic rings. The Kier molecular flexibility index (Phi) is 5.15. The molecule has 4 rings (SSSR count). The maximum atomic E-state index is 11.3. The van der Waals surface area contributed by atoms with Crippen LogP contribution in [0.25, 0.3) is 28.2 Å². The molecule has 1 saturated carbocycles. The second-order valence-corrected chi connectivity index (χ2v) is 7.23. The van der Waals surface area contributed by atoms with Crippen molar-refractivity contribution < 1.29 is 14.3 Å². The Hall–Kier alpha value is -3.08. The van der Waals surface area contributed by atoms with Crippen LogP contribution in [-0.2, 0) is 4.79 Å². The lowest BCUT2D eigenvalue weighted by Crippen LogP contribution is -2.10. The lowest BCUT2D eigenvalue weighted by molar-refractivity contribution is -0.112. The number of allylic oxidation sites excluding steroid dienone is 1. The molecule has 1 fully saturated rings. The molecule has 3 aromatic rings. The minimum Gasteiger partial charge on any atom is -0.497 e. The Morgan fingerprint density at radius 3 is 2.68 bits per heavy atom. The number of pyridine rings is 1. The zero-order chi connectivity index (χ0) is 19.5. The smallest absolute Gasteiger partial charge is 0.152 e. The van der Waals surface area contributed by atoms with Crippen LogP contribution in [0, 0.1) is 0 Å². The highest BCUT2D eigenvalue weighted by Crippen LogP contribution is 2.33. The molecule has 28 heavy (non-hydrogen) atoms. The summed E-state index contributed by atoms with van der Waals surface area (Å²) < 4.78 is 11.7. The molecule has 0 saturated heterocycles. The number of hydrogen-bond donors (Lipinski definition) is 1. The Balaban J connectivity index is 1.71. The number of hydrogen-bond acceptors (Lipinski definition) is 4. The van der Waals surface area contributed by atoms with Crippen LogP contribution < -0.4 is 9.47 Å². The van der Waals surface area contributed by atoms with Crippen molar-refractivity contribution in [1.29, 1.82) is 0 Å². The van der Waals surface area contributed by atoms with Crippen LogP contribution >= 0.6 is 0 Å². The van der Waals surface area contributed by atoms with Crippen molar-refractivity contribution in [3.05, 3.63) is 48.3 Å². The molecule has 2 heterocycles. The van der Waals surface area contributed by atoms with Gasteiger partial charge >= 0.3 is 0 Å². The third-order valence-electron chi connectivity index (χ3n) is 5.11. The van der Waals surface area contributed by atoms with Gasteiger partial charge in [0.05, 0.1) is 13.2 Å². The highest BCUT2D eigenvalue weighted by atomic mass is 16.5. The standard InChI is InChI=1S/C23H24N2O3/c1-15(26)7-8-16-13-24-23-22(16)11-18(14-25-23)17-9-20(27-2)12-21(10-17)28-19-5-3-4-6-19/h7-14,19H,3-6H2,1-2H3,(H,24,25)/b8-7+. The van der Waals surface area contributed by atoms with E-state index in [-0.39, 0.29) is 11.9 Å². The van der Waals surface area contributed by atoms with Crippen LogP contribution in [0.5, 0.6) is 11.5 Å². The average Bonchev–Trinajstić information content (AvgIpc) is 3.35. The van der Waals surface area contributed by atoms with Gasteiger partial charge in [-0.05, 0) is 68.5 Å². The zero-order valence-corrected chi connectivity index (χ0v) is 16.2. The Bertz CT molecular complexity index is 1030. The summed E-state index contributed by atoms with van der Waals surface area (Å²) in [6, 6.07) is 8.04. The lowest BCUT2D eigenvalue weighted by atomic mass is 10.0. The van der Waals surface area contributed by atoms with Crippen LogP contribution in [-0.4, -0.2) is 29.0 Å². The summed E-state index contributed by atoms with van der Waals surface area (Å²) >= 11 is 0. The molecule has 5 nitrogen and oxygen atoms in total. The summed E-state index contributed by atoms with van der Waals surface area (Å²) in [5.41, 5.74) is 3.69. The van der Waals surface area contributed by atoms with Crippen LogP contribution in [0.3, 0.4) is 0 Å². The fraction of sp³-hybridized carbons (Fsp3) is 0.304. The van der Waals surface area contributed by atoms with Gasteiger partial charge in [0, 0.05) is 35.0 Å². The maximum Gasteiger partial charge on any atom is 0.152 e. The van der Waals surface area contributed by atoms with Gasteiger partial charge in [0.15, 0.2) is 5.78 Å². The first-order chi connectivity index (χ1) is 13.6. The number of methoxy groups -OCH3 is 1. The molecule has 0 atom stereocenters. The number of ketones is 1. The van der Waals surface area contributed by atoms with Crippen molar-refractivity contribution in [1.82, 2.24) is 9.97 Å². The van der Waals surface area contributed by atoms with Crippen molar-refractivity contribution in [3.8, 4) is 22.6 Å². The number of carbonyl (C=O) groups is 1.